The van der Waals surface area contributed by atoms with E-state index in [2.05, 4.69) is 4.98 Å². The highest BCUT2D eigenvalue weighted by Crippen LogP contribution is 2.34. The lowest BCUT2D eigenvalue weighted by molar-refractivity contribution is -0.384. The Morgan fingerprint density at radius 1 is 1.10 bits per heavy atom. The van der Waals surface area contributed by atoms with Gasteiger partial charge in [0.2, 0.25) is 0 Å². The molecule has 104 valence electrons. The smallest absolute Gasteiger partial charge is 0.291 e. The SMILES string of the molecule is O=c1[nH]c2cc([N+](=O)[O-])ccc2c(-c2ccccc2)c1O. The number of hydrogen-bond donors (Lipinski definition) is 2. The Bertz CT molecular complexity index is 901. The zero-order valence-electron chi connectivity index (χ0n) is 10.7. The van der Waals surface area contributed by atoms with Gasteiger partial charge < -0.3 is 10.1 Å². The molecule has 2 aromatic carbocycles. The fraction of sp³-hybridized carbons (Fsp3) is 0. The van der Waals surface area contributed by atoms with Crippen LogP contribution >= 0.6 is 0 Å². The predicted molar refractivity (Wildman–Crippen MR) is 78.3 cm³/mol. The molecule has 0 bridgehead atoms. The second kappa shape index (κ2) is 4.75. The van der Waals surface area contributed by atoms with Crippen LogP contribution in [0.3, 0.4) is 0 Å². The van der Waals surface area contributed by atoms with Crippen molar-refractivity contribution in [1.82, 2.24) is 4.98 Å². The molecule has 0 fully saturated rings. The summed E-state index contributed by atoms with van der Waals surface area (Å²) in [4.78, 5) is 24.6. The molecule has 0 radical (unpaired) electrons. The van der Waals surface area contributed by atoms with E-state index in [4.69, 9.17) is 0 Å². The molecular formula is C15H10N2O4. The monoisotopic (exact) mass is 282 g/mol. The first kappa shape index (κ1) is 12.9. The molecule has 6 nitrogen and oxygen atoms in total. The van der Waals surface area contributed by atoms with Crippen LogP contribution in [0.15, 0.2) is 53.3 Å². The minimum Gasteiger partial charge on any atom is -0.503 e. The Morgan fingerprint density at radius 2 is 1.81 bits per heavy atom. The number of fused-ring (bicyclic) bond motifs is 1. The van der Waals surface area contributed by atoms with Crippen LogP contribution in [-0.2, 0) is 0 Å². The van der Waals surface area contributed by atoms with Crippen LogP contribution in [0, 0.1) is 10.1 Å². The van der Waals surface area contributed by atoms with Crippen LogP contribution < -0.4 is 5.56 Å². The van der Waals surface area contributed by atoms with Crippen molar-refractivity contribution in [2.24, 2.45) is 0 Å². The number of benzene rings is 2. The molecule has 0 atom stereocenters. The van der Waals surface area contributed by atoms with E-state index in [1.165, 1.54) is 18.2 Å². The number of nitrogens with zero attached hydrogens (tertiary/aromatic N) is 1. The summed E-state index contributed by atoms with van der Waals surface area (Å²) in [6.07, 6.45) is 0. The summed E-state index contributed by atoms with van der Waals surface area (Å²) >= 11 is 0. The van der Waals surface area contributed by atoms with Crippen molar-refractivity contribution in [1.29, 1.82) is 0 Å². The van der Waals surface area contributed by atoms with Crippen LogP contribution in [0.4, 0.5) is 5.69 Å². The largest absolute Gasteiger partial charge is 0.503 e. The van der Waals surface area contributed by atoms with Gasteiger partial charge in [0.05, 0.1) is 10.4 Å². The molecule has 3 rings (SSSR count). The summed E-state index contributed by atoms with van der Waals surface area (Å²) in [5.74, 6) is -0.400. The van der Waals surface area contributed by atoms with Crippen LogP contribution in [0.5, 0.6) is 5.75 Å². The number of nitrogens with one attached hydrogen (secondary N) is 1. The highest BCUT2D eigenvalue weighted by Gasteiger charge is 2.15. The van der Waals surface area contributed by atoms with Gasteiger partial charge in [-0.15, -0.1) is 0 Å². The van der Waals surface area contributed by atoms with Gasteiger partial charge in [-0.05, 0) is 11.6 Å². The molecule has 21 heavy (non-hydrogen) atoms. The zero-order chi connectivity index (χ0) is 15.0. The molecule has 0 aliphatic carbocycles. The average Bonchev–Trinajstić information content (AvgIpc) is 2.49. The van der Waals surface area contributed by atoms with Gasteiger partial charge in [0, 0.05) is 23.1 Å². The van der Waals surface area contributed by atoms with Crippen molar-refractivity contribution < 1.29 is 10.0 Å². The number of aromatic hydroxyl groups is 1. The van der Waals surface area contributed by atoms with Gasteiger partial charge in [0.25, 0.3) is 11.2 Å². The van der Waals surface area contributed by atoms with E-state index in [1.54, 1.807) is 24.3 Å². The third-order valence-electron chi connectivity index (χ3n) is 3.25. The molecule has 0 aliphatic rings. The molecule has 1 heterocycles. The Morgan fingerprint density at radius 3 is 2.48 bits per heavy atom. The van der Waals surface area contributed by atoms with Crippen molar-refractivity contribution in [3.63, 3.8) is 0 Å². The Hall–Kier alpha value is -3.15. The molecule has 0 unspecified atom stereocenters. The summed E-state index contributed by atoms with van der Waals surface area (Å²) in [6.45, 7) is 0. The van der Waals surface area contributed by atoms with E-state index in [0.29, 0.717) is 22.0 Å². The molecule has 0 saturated heterocycles. The fourth-order valence-electron chi connectivity index (χ4n) is 2.29. The molecular weight excluding hydrogens is 272 g/mol. The Kier molecular flexibility index (Phi) is 2.91. The standard InChI is InChI=1S/C15H10N2O4/c18-14-13(9-4-2-1-3-5-9)11-7-6-10(17(20)21)8-12(11)16-15(14)19/h1-8,18H,(H,16,19). The van der Waals surface area contributed by atoms with Crippen molar-refractivity contribution in [3.8, 4) is 16.9 Å². The van der Waals surface area contributed by atoms with Gasteiger partial charge in [-0.25, -0.2) is 0 Å². The third kappa shape index (κ3) is 2.12. The lowest BCUT2D eigenvalue weighted by Gasteiger charge is -2.08. The van der Waals surface area contributed by atoms with Crippen LogP contribution in [0.1, 0.15) is 0 Å². The van der Waals surface area contributed by atoms with Gasteiger partial charge in [0.15, 0.2) is 5.75 Å². The molecule has 0 aliphatic heterocycles. The van der Waals surface area contributed by atoms with E-state index in [1.807, 2.05) is 6.07 Å². The van der Waals surface area contributed by atoms with Gasteiger partial charge in [-0.3, -0.25) is 14.9 Å². The second-order valence-corrected chi connectivity index (χ2v) is 4.53. The van der Waals surface area contributed by atoms with Gasteiger partial charge in [0.1, 0.15) is 0 Å². The van der Waals surface area contributed by atoms with Crippen LogP contribution in [0.2, 0.25) is 0 Å². The molecule has 6 heteroatoms. The summed E-state index contributed by atoms with van der Waals surface area (Å²) in [6, 6.07) is 13.0. The van der Waals surface area contributed by atoms with E-state index in [9.17, 15) is 20.0 Å². The second-order valence-electron chi connectivity index (χ2n) is 4.53. The minimum atomic E-state index is -0.679. The lowest BCUT2D eigenvalue weighted by Crippen LogP contribution is -2.07. The Labute approximate surface area is 118 Å². The molecule has 1 aromatic heterocycles. The number of pyridine rings is 1. The maximum atomic E-state index is 11.8. The summed E-state index contributed by atoms with van der Waals surface area (Å²) in [5, 5.41) is 21.4. The Balaban J connectivity index is 2.40. The van der Waals surface area contributed by atoms with Gasteiger partial charge >= 0.3 is 0 Å². The molecule has 2 N–H and O–H groups in total. The maximum absolute atomic E-state index is 11.8. The first-order chi connectivity index (χ1) is 10.1. The van der Waals surface area contributed by atoms with Gasteiger partial charge in [-0.1, -0.05) is 30.3 Å². The minimum absolute atomic E-state index is 0.122. The number of non-ortho nitro benzene ring substituents is 1. The van der Waals surface area contributed by atoms with E-state index in [0.717, 1.165) is 0 Å². The average molecular weight is 282 g/mol. The molecule has 3 aromatic rings. The summed E-state index contributed by atoms with van der Waals surface area (Å²) in [7, 11) is 0. The van der Waals surface area contributed by atoms with Crippen molar-refractivity contribution in [3.05, 3.63) is 69.0 Å². The van der Waals surface area contributed by atoms with Crippen molar-refractivity contribution in [2.75, 3.05) is 0 Å². The van der Waals surface area contributed by atoms with Crippen molar-refractivity contribution in [2.45, 2.75) is 0 Å². The first-order valence-electron chi connectivity index (χ1n) is 6.17. The number of aromatic nitrogens is 1. The number of nitro benzene ring substituents is 1. The number of hydrogen-bond acceptors (Lipinski definition) is 4. The topological polar surface area (TPSA) is 96.2 Å². The van der Waals surface area contributed by atoms with Crippen LogP contribution in [0.25, 0.3) is 22.0 Å². The number of H-pyrrole nitrogens is 1. The quantitative estimate of drug-likeness (QED) is 0.558. The van der Waals surface area contributed by atoms with E-state index < -0.39 is 16.2 Å². The van der Waals surface area contributed by atoms with Crippen molar-refractivity contribution >= 4 is 16.6 Å². The summed E-state index contributed by atoms with van der Waals surface area (Å²) in [5.41, 5.74) is 0.541. The van der Waals surface area contributed by atoms with E-state index in [-0.39, 0.29) is 5.69 Å². The molecule has 0 saturated carbocycles. The third-order valence-corrected chi connectivity index (χ3v) is 3.25. The lowest BCUT2D eigenvalue weighted by atomic mass is 10.00. The fourth-order valence-corrected chi connectivity index (χ4v) is 2.29. The van der Waals surface area contributed by atoms with Crippen LogP contribution in [-0.4, -0.2) is 15.0 Å². The highest BCUT2D eigenvalue weighted by atomic mass is 16.6. The summed E-state index contributed by atoms with van der Waals surface area (Å²) < 4.78 is 0. The number of aromatic amines is 1. The normalized spacial score (nSPS) is 10.7. The molecule has 0 spiro atoms. The first-order valence-corrected chi connectivity index (χ1v) is 6.17. The predicted octanol–water partition coefficient (Wildman–Crippen LogP) is 2.81. The van der Waals surface area contributed by atoms with Gasteiger partial charge in [-0.2, -0.15) is 0 Å². The highest BCUT2D eigenvalue weighted by molar-refractivity contribution is 5.98. The maximum Gasteiger partial charge on any atom is 0.291 e. The zero-order valence-corrected chi connectivity index (χ0v) is 10.7. The molecule has 0 amide bonds. The number of rotatable bonds is 2. The number of nitro groups is 1. The van der Waals surface area contributed by atoms with E-state index >= 15 is 0 Å².